The Morgan fingerprint density at radius 1 is 0.920 bits per heavy atom. The first kappa shape index (κ1) is 16.3. The maximum absolute atomic E-state index is 13.1. The molecule has 130 valence electrons. The average molecular weight is 335 g/mol. The lowest BCUT2D eigenvalue weighted by Gasteiger charge is -2.31. The Labute approximate surface area is 149 Å². The van der Waals surface area contributed by atoms with Crippen molar-refractivity contribution >= 4 is 11.6 Å². The van der Waals surface area contributed by atoms with Gasteiger partial charge in [0.25, 0.3) is 0 Å². The maximum Gasteiger partial charge on any atom is 0.239 e. The molecular weight excluding hydrogens is 310 g/mol. The van der Waals surface area contributed by atoms with Crippen molar-refractivity contribution in [3.05, 3.63) is 65.7 Å². The topological polar surface area (TPSA) is 53.2 Å². The van der Waals surface area contributed by atoms with Crippen LogP contribution in [0.2, 0.25) is 0 Å². The summed E-state index contributed by atoms with van der Waals surface area (Å²) in [5.41, 5.74) is 2.51. The third-order valence-corrected chi connectivity index (χ3v) is 5.67. The highest BCUT2D eigenvalue weighted by atomic mass is 16.2. The van der Waals surface area contributed by atoms with Crippen molar-refractivity contribution in [1.82, 2.24) is 10.6 Å². The molecular formula is C21H25N3O. The molecule has 2 aromatic rings. The van der Waals surface area contributed by atoms with E-state index in [2.05, 4.69) is 41.1 Å². The van der Waals surface area contributed by atoms with Crippen LogP contribution in [0, 0.1) is 0 Å². The smallest absolute Gasteiger partial charge is 0.239 e. The molecule has 25 heavy (non-hydrogen) atoms. The molecule has 0 radical (unpaired) electrons. The molecule has 1 unspecified atom stereocenters. The number of fused-ring (bicyclic) bond motifs is 1. The highest BCUT2D eigenvalue weighted by molar-refractivity contribution is 6.08. The van der Waals surface area contributed by atoms with Crippen LogP contribution in [-0.2, 0) is 10.2 Å². The molecule has 0 spiro atoms. The van der Waals surface area contributed by atoms with E-state index in [1.54, 1.807) is 0 Å². The van der Waals surface area contributed by atoms with Crippen molar-refractivity contribution in [2.24, 2.45) is 0 Å². The van der Waals surface area contributed by atoms with Crippen molar-refractivity contribution in [2.45, 2.75) is 37.3 Å². The lowest BCUT2D eigenvalue weighted by Crippen LogP contribution is -2.46. The van der Waals surface area contributed by atoms with Gasteiger partial charge in [-0.05, 0) is 43.4 Å². The van der Waals surface area contributed by atoms with Crippen molar-refractivity contribution in [3.8, 4) is 0 Å². The normalized spacial score (nSPS) is 24.1. The molecule has 0 aliphatic carbocycles. The van der Waals surface area contributed by atoms with Crippen molar-refractivity contribution in [3.63, 3.8) is 0 Å². The number of benzene rings is 2. The summed E-state index contributed by atoms with van der Waals surface area (Å²) in [6.07, 6.45) is 2.77. The zero-order valence-corrected chi connectivity index (χ0v) is 14.6. The largest absolute Gasteiger partial charge is 0.325 e. The molecule has 2 heterocycles. The van der Waals surface area contributed by atoms with E-state index in [-0.39, 0.29) is 11.6 Å². The summed E-state index contributed by atoms with van der Waals surface area (Å²) < 4.78 is 0. The minimum atomic E-state index is -0.590. The summed E-state index contributed by atoms with van der Waals surface area (Å²) >= 11 is 0. The zero-order chi connectivity index (χ0) is 17.3. The quantitative estimate of drug-likeness (QED) is 0.787. The number of amides is 1. The van der Waals surface area contributed by atoms with Gasteiger partial charge >= 0.3 is 0 Å². The van der Waals surface area contributed by atoms with Gasteiger partial charge in [-0.2, -0.15) is 0 Å². The summed E-state index contributed by atoms with van der Waals surface area (Å²) in [6, 6.07) is 18.3. The molecule has 4 rings (SSSR count). The highest BCUT2D eigenvalue weighted by Crippen LogP contribution is 2.46. The number of carbonyl (C=O) groups excluding carboxylic acids is 1. The fourth-order valence-electron chi connectivity index (χ4n) is 4.34. The molecule has 0 aromatic heterocycles. The van der Waals surface area contributed by atoms with Gasteiger partial charge in [-0.15, -0.1) is 0 Å². The Balaban J connectivity index is 1.67. The predicted molar refractivity (Wildman–Crippen MR) is 101 cm³/mol. The number of para-hydroxylation sites is 1. The van der Waals surface area contributed by atoms with Crippen molar-refractivity contribution in [2.75, 3.05) is 18.4 Å². The molecule has 2 aliphatic rings. The van der Waals surface area contributed by atoms with Gasteiger partial charge in [0.15, 0.2) is 0 Å². The monoisotopic (exact) mass is 335 g/mol. The molecule has 0 saturated carbocycles. The van der Waals surface area contributed by atoms with Gasteiger partial charge in [0, 0.05) is 18.8 Å². The Kier molecular flexibility index (Phi) is 4.10. The van der Waals surface area contributed by atoms with Crippen LogP contribution in [0.15, 0.2) is 54.6 Å². The second-order valence-electron chi connectivity index (χ2n) is 7.31. The van der Waals surface area contributed by atoms with Crippen LogP contribution in [-0.4, -0.2) is 24.7 Å². The Bertz CT molecular complexity index is 768. The lowest BCUT2D eigenvalue weighted by molar-refractivity contribution is -0.119. The van der Waals surface area contributed by atoms with E-state index in [9.17, 15) is 4.79 Å². The van der Waals surface area contributed by atoms with Crippen LogP contribution < -0.4 is 16.0 Å². The Morgan fingerprint density at radius 2 is 1.60 bits per heavy atom. The van der Waals surface area contributed by atoms with E-state index in [0.29, 0.717) is 0 Å². The first-order chi connectivity index (χ1) is 12.1. The number of nitrogens with one attached hydrogen (secondary N) is 3. The molecule has 1 fully saturated rings. The van der Waals surface area contributed by atoms with Crippen LogP contribution >= 0.6 is 0 Å². The number of hydrogen-bond donors (Lipinski definition) is 3. The van der Waals surface area contributed by atoms with Crippen molar-refractivity contribution in [1.29, 1.82) is 0 Å². The summed E-state index contributed by atoms with van der Waals surface area (Å²) in [4.78, 5) is 13.1. The fourth-order valence-corrected chi connectivity index (χ4v) is 4.34. The number of carbonyl (C=O) groups is 1. The van der Waals surface area contributed by atoms with Crippen LogP contribution in [0.5, 0.6) is 0 Å². The first-order valence-electron chi connectivity index (χ1n) is 9.11. The van der Waals surface area contributed by atoms with E-state index in [1.807, 2.05) is 36.4 Å². The van der Waals surface area contributed by atoms with Gasteiger partial charge in [-0.25, -0.2) is 0 Å². The first-order valence-corrected chi connectivity index (χ1v) is 9.11. The molecule has 3 N–H and O–H groups in total. The molecule has 1 amide bonds. The summed E-state index contributed by atoms with van der Waals surface area (Å²) in [7, 11) is 0. The minimum Gasteiger partial charge on any atom is -0.325 e. The predicted octanol–water partition coefficient (Wildman–Crippen LogP) is 3.00. The van der Waals surface area contributed by atoms with E-state index in [1.165, 1.54) is 0 Å². The fraction of sp³-hybridized carbons (Fsp3) is 0.381. The van der Waals surface area contributed by atoms with Gasteiger partial charge in [0.05, 0.1) is 5.66 Å². The molecule has 1 atom stereocenters. The number of hydrogen-bond acceptors (Lipinski definition) is 3. The molecule has 4 nitrogen and oxygen atoms in total. The third-order valence-electron chi connectivity index (χ3n) is 5.67. The summed E-state index contributed by atoms with van der Waals surface area (Å²) in [5, 5.41) is 10.2. The van der Waals surface area contributed by atoms with E-state index in [4.69, 9.17) is 0 Å². The van der Waals surface area contributed by atoms with Crippen LogP contribution in [0.4, 0.5) is 5.69 Å². The molecule has 1 saturated heterocycles. The second-order valence-corrected chi connectivity index (χ2v) is 7.31. The van der Waals surface area contributed by atoms with Gasteiger partial charge in [0.2, 0.25) is 5.91 Å². The van der Waals surface area contributed by atoms with Crippen LogP contribution in [0.25, 0.3) is 0 Å². The van der Waals surface area contributed by atoms with E-state index >= 15 is 0 Å². The minimum absolute atomic E-state index is 0.0214. The van der Waals surface area contributed by atoms with Gasteiger partial charge in [0.1, 0.15) is 5.41 Å². The zero-order valence-electron chi connectivity index (χ0n) is 14.6. The number of rotatable bonds is 5. The van der Waals surface area contributed by atoms with Gasteiger partial charge in [-0.3, -0.25) is 15.4 Å². The summed E-state index contributed by atoms with van der Waals surface area (Å²) in [5.74, 6) is 0.0948. The average Bonchev–Trinajstić information content (AvgIpc) is 3.18. The number of anilines is 1. The second kappa shape index (κ2) is 6.28. The maximum atomic E-state index is 13.1. The lowest BCUT2D eigenvalue weighted by atomic mass is 9.71. The third kappa shape index (κ3) is 2.75. The van der Waals surface area contributed by atoms with Crippen LogP contribution in [0.3, 0.4) is 0 Å². The SMILES string of the molecule is CC1(CCCC2(c3ccccc3)C(=O)Nc3ccccc32)NCCN1. The van der Waals surface area contributed by atoms with Crippen molar-refractivity contribution < 1.29 is 4.79 Å². The molecule has 2 aromatic carbocycles. The molecule has 4 heteroatoms. The molecule has 2 aliphatic heterocycles. The van der Waals surface area contributed by atoms with Crippen LogP contribution in [0.1, 0.15) is 37.3 Å². The Hall–Kier alpha value is -2.17. The standard InChI is InChI=1S/C21H25N3O/c1-20(22-14-15-23-20)12-7-13-21(16-8-3-2-4-9-16)17-10-5-6-11-18(17)24-19(21)25/h2-6,8-11,22-23H,7,12-15H2,1H3,(H,24,25). The molecule has 0 bridgehead atoms. The van der Waals surface area contributed by atoms with Gasteiger partial charge < -0.3 is 5.32 Å². The summed E-state index contributed by atoms with van der Waals surface area (Å²) in [6.45, 7) is 4.21. The van der Waals surface area contributed by atoms with Gasteiger partial charge in [-0.1, -0.05) is 48.5 Å². The van der Waals surface area contributed by atoms with E-state index in [0.717, 1.165) is 49.2 Å². The highest BCUT2D eigenvalue weighted by Gasteiger charge is 2.47. The van der Waals surface area contributed by atoms with E-state index < -0.39 is 5.41 Å². The Morgan fingerprint density at radius 3 is 2.36 bits per heavy atom.